The Labute approximate surface area is 151 Å². The Morgan fingerprint density at radius 1 is 1.08 bits per heavy atom. The zero-order valence-corrected chi connectivity index (χ0v) is 15.2. The molecule has 7 nitrogen and oxygen atoms in total. The highest BCUT2D eigenvalue weighted by Gasteiger charge is 2.29. The summed E-state index contributed by atoms with van der Waals surface area (Å²) in [5, 5.41) is 9.24. The summed E-state index contributed by atoms with van der Waals surface area (Å²) in [7, 11) is -4.10. The standard InChI is InChI=1S/C18H19NO6S/c1-12-3-5-15(13(2)9-12)19(11-18(20)21)26(22,23)14-4-6-16-17(10-14)25-8-7-24-16/h3-6,9-10H,7-8,11H2,1-2H3,(H,20,21). The number of fused-ring (bicyclic) bond motifs is 1. The Morgan fingerprint density at radius 3 is 2.42 bits per heavy atom. The van der Waals surface area contributed by atoms with E-state index in [0.29, 0.717) is 36.0 Å². The number of nitrogens with zero attached hydrogens (tertiary/aromatic N) is 1. The molecule has 0 atom stereocenters. The third-order valence-corrected chi connectivity index (χ3v) is 5.76. The second-order valence-electron chi connectivity index (χ2n) is 6.00. The van der Waals surface area contributed by atoms with Gasteiger partial charge in [-0.25, -0.2) is 8.42 Å². The molecular formula is C18H19NO6S. The average molecular weight is 377 g/mol. The van der Waals surface area contributed by atoms with Crippen molar-refractivity contribution in [3.8, 4) is 11.5 Å². The van der Waals surface area contributed by atoms with E-state index in [1.165, 1.54) is 18.2 Å². The first-order valence-electron chi connectivity index (χ1n) is 8.00. The van der Waals surface area contributed by atoms with Crippen molar-refractivity contribution in [2.24, 2.45) is 0 Å². The lowest BCUT2D eigenvalue weighted by Crippen LogP contribution is -2.36. The average Bonchev–Trinajstić information content (AvgIpc) is 2.59. The quantitative estimate of drug-likeness (QED) is 0.860. The van der Waals surface area contributed by atoms with E-state index >= 15 is 0 Å². The number of ether oxygens (including phenoxy) is 2. The SMILES string of the molecule is Cc1ccc(N(CC(=O)O)S(=O)(=O)c2ccc3c(c2)OCCO3)c(C)c1. The van der Waals surface area contributed by atoms with Crippen LogP contribution in [0.2, 0.25) is 0 Å². The maximum Gasteiger partial charge on any atom is 0.324 e. The molecule has 0 aromatic heterocycles. The second-order valence-corrected chi connectivity index (χ2v) is 7.86. The van der Waals surface area contributed by atoms with Gasteiger partial charge in [0.2, 0.25) is 0 Å². The Kier molecular flexibility index (Phi) is 4.78. The van der Waals surface area contributed by atoms with Crippen LogP contribution < -0.4 is 13.8 Å². The smallest absolute Gasteiger partial charge is 0.324 e. The first-order chi connectivity index (χ1) is 12.3. The molecule has 0 saturated heterocycles. The van der Waals surface area contributed by atoms with Gasteiger partial charge in [-0.05, 0) is 37.6 Å². The fourth-order valence-electron chi connectivity index (χ4n) is 2.82. The Hall–Kier alpha value is -2.74. The summed E-state index contributed by atoms with van der Waals surface area (Å²) in [6.45, 7) is 3.67. The van der Waals surface area contributed by atoms with E-state index in [1.807, 2.05) is 13.0 Å². The van der Waals surface area contributed by atoms with Gasteiger partial charge in [0.1, 0.15) is 19.8 Å². The van der Waals surface area contributed by atoms with E-state index in [4.69, 9.17) is 9.47 Å². The predicted octanol–water partition coefficient (Wildman–Crippen LogP) is 2.35. The Morgan fingerprint density at radius 2 is 1.77 bits per heavy atom. The molecule has 1 aliphatic rings. The molecule has 26 heavy (non-hydrogen) atoms. The summed E-state index contributed by atoms with van der Waals surface area (Å²) >= 11 is 0. The number of carboxylic acid groups (broad SMARTS) is 1. The molecular weight excluding hydrogens is 358 g/mol. The number of benzene rings is 2. The lowest BCUT2D eigenvalue weighted by molar-refractivity contribution is -0.135. The molecule has 0 unspecified atom stereocenters. The summed E-state index contributed by atoms with van der Waals surface area (Å²) < 4.78 is 38.1. The monoisotopic (exact) mass is 377 g/mol. The topological polar surface area (TPSA) is 93.1 Å². The number of rotatable bonds is 5. The number of carboxylic acids is 1. The molecule has 0 saturated carbocycles. The molecule has 3 rings (SSSR count). The number of aryl methyl sites for hydroxylation is 2. The molecule has 0 spiro atoms. The molecule has 8 heteroatoms. The maximum atomic E-state index is 13.2. The molecule has 1 N–H and O–H groups in total. The van der Waals surface area contributed by atoms with Crippen molar-refractivity contribution in [1.82, 2.24) is 0 Å². The van der Waals surface area contributed by atoms with Crippen molar-refractivity contribution >= 4 is 21.7 Å². The molecule has 138 valence electrons. The summed E-state index contributed by atoms with van der Waals surface area (Å²) in [4.78, 5) is 11.3. The van der Waals surface area contributed by atoms with Crippen molar-refractivity contribution < 1.29 is 27.8 Å². The maximum absolute atomic E-state index is 13.2. The summed E-state index contributed by atoms with van der Waals surface area (Å²) in [6.07, 6.45) is 0. The first-order valence-corrected chi connectivity index (χ1v) is 9.44. The van der Waals surface area contributed by atoms with Crippen molar-refractivity contribution in [2.45, 2.75) is 18.7 Å². The van der Waals surface area contributed by atoms with E-state index in [-0.39, 0.29) is 4.90 Å². The number of carbonyl (C=O) groups is 1. The van der Waals surface area contributed by atoms with Crippen LogP contribution in [-0.4, -0.2) is 39.3 Å². The van der Waals surface area contributed by atoms with Gasteiger partial charge in [0.05, 0.1) is 10.6 Å². The van der Waals surface area contributed by atoms with Crippen LogP contribution in [0.5, 0.6) is 11.5 Å². The van der Waals surface area contributed by atoms with Crippen molar-refractivity contribution in [3.05, 3.63) is 47.5 Å². The molecule has 0 aliphatic carbocycles. The van der Waals surface area contributed by atoms with Crippen LogP contribution in [0.3, 0.4) is 0 Å². The predicted molar refractivity (Wildman–Crippen MR) is 95.5 cm³/mol. The Bertz CT molecular complexity index is 954. The fraction of sp³-hybridized carbons (Fsp3) is 0.278. The van der Waals surface area contributed by atoms with Gasteiger partial charge in [-0.2, -0.15) is 0 Å². The lowest BCUT2D eigenvalue weighted by atomic mass is 10.1. The first kappa shape index (κ1) is 18.1. The highest BCUT2D eigenvalue weighted by Crippen LogP contribution is 2.34. The minimum Gasteiger partial charge on any atom is -0.486 e. The Balaban J connectivity index is 2.09. The van der Waals surface area contributed by atoms with Gasteiger partial charge < -0.3 is 14.6 Å². The van der Waals surface area contributed by atoms with E-state index in [1.54, 1.807) is 19.1 Å². The van der Waals surface area contributed by atoms with Gasteiger partial charge in [-0.15, -0.1) is 0 Å². The number of aliphatic carboxylic acids is 1. The van der Waals surface area contributed by atoms with Gasteiger partial charge in [-0.3, -0.25) is 9.10 Å². The molecule has 2 aromatic carbocycles. The van der Waals surface area contributed by atoms with Crippen LogP contribution in [0, 0.1) is 13.8 Å². The van der Waals surface area contributed by atoms with Crippen molar-refractivity contribution in [3.63, 3.8) is 0 Å². The number of hydrogen-bond acceptors (Lipinski definition) is 5. The third-order valence-electron chi connectivity index (χ3n) is 4.00. The van der Waals surface area contributed by atoms with Crippen molar-refractivity contribution in [1.29, 1.82) is 0 Å². The molecule has 0 bridgehead atoms. The summed E-state index contributed by atoms with van der Waals surface area (Å²) in [5.41, 5.74) is 1.96. The third kappa shape index (κ3) is 3.45. The minimum atomic E-state index is -4.10. The molecule has 0 fully saturated rings. The van der Waals surface area contributed by atoms with Gasteiger partial charge in [0.15, 0.2) is 11.5 Å². The molecule has 1 aliphatic heterocycles. The van der Waals surface area contributed by atoms with Gasteiger partial charge >= 0.3 is 5.97 Å². The summed E-state index contributed by atoms with van der Waals surface area (Å²) in [5.74, 6) is -0.453. The van der Waals surface area contributed by atoms with E-state index in [0.717, 1.165) is 9.87 Å². The number of anilines is 1. The van der Waals surface area contributed by atoms with E-state index < -0.39 is 22.5 Å². The molecule has 1 heterocycles. The fourth-order valence-corrected chi connectivity index (χ4v) is 4.31. The zero-order valence-electron chi connectivity index (χ0n) is 14.4. The summed E-state index contributed by atoms with van der Waals surface area (Å²) in [6, 6.07) is 9.44. The highest BCUT2D eigenvalue weighted by atomic mass is 32.2. The highest BCUT2D eigenvalue weighted by molar-refractivity contribution is 7.92. The van der Waals surface area contributed by atoms with Crippen LogP contribution in [0.4, 0.5) is 5.69 Å². The van der Waals surface area contributed by atoms with Gasteiger partial charge in [-0.1, -0.05) is 17.7 Å². The number of hydrogen-bond donors (Lipinski definition) is 1. The van der Waals surface area contributed by atoms with Crippen LogP contribution in [0.25, 0.3) is 0 Å². The second kappa shape index (κ2) is 6.87. The largest absolute Gasteiger partial charge is 0.486 e. The molecule has 0 radical (unpaired) electrons. The van der Waals surface area contributed by atoms with E-state index in [9.17, 15) is 18.3 Å². The number of sulfonamides is 1. The van der Waals surface area contributed by atoms with Crippen LogP contribution in [-0.2, 0) is 14.8 Å². The van der Waals surface area contributed by atoms with Crippen LogP contribution in [0.15, 0.2) is 41.3 Å². The van der Waals surface area contributed by atoms with Gasteiger partial charge in [0, 0.05) is 6.07 Å². The molecule has 0 amide bonds. The lowest BCUT2D eigenvalue weighted by Gasteiger charge is -2.25. The van der Waals surface area contributed by atoms with Gasteiger partial charge in [0.25, 0.3) is 10.0 Å². The minimum absolute atomic E-state index is 0.0528. The normalized spacial score (nSPS) is 13.3. The van der Waals surface area contributed by atoms with Crippen LogP contribution in [0.1, 0.15) is 11.1 Å². The van der Waals surface area contributed by atoms with Crippen molar-refractivity contribution in [2.75, 3.05) is 24.1 Å². The molecule has 2 aromatic rings. The van der Waals surface area contributed by atoms with E-state index in [2.05, 4.69) is 0 Å². The zero-order chi connectivity index (χ0) is 18.9. The van der Waals surface area contributed by atoms with Crippen LogP contribution >= 0.6 is 0 Å².